The number of halogens is 1. The Bertz CT molecular complexity index is 331. The fraction of sp³-hybridized carbons (Fsp3) is 0.545. The van der Waals surface area contributed by atoms with Crippen molar-refractivity contribution in [1.29, 1.82) is 0 Å². The van der Waals surface area contributed by atoms with Gasteiger partial charge in [-0.05, 0) is 33.3 Å². The number of hydrogen-bond donors (Lipinski definition) is 1. The second-order valence-electron chi connectivity index (χ2n) is 3.48. The smallest absolute Gasteiger partial charge is 0.202 e. The molecule has 0 amide bonds. The average molecular weight is 291 g/mol. The van der Waals surface area contributed by atoms with Crippen LogP contribution >= 0.6 is 27.3 Å². The molecule has 1 aromatic rings. The number of ketones is 1. The second-order valence-corrected chi connectivity index (χ2v) is 5.25. The van der Waals surface area contributed by atoms with Gasteiger partial charge in [-0.25, -0.2) is 0 Å². The van der Waals surface area contributed by atoms with E-state index in [-0.39, 0.29) is 11.7 Å². The SMILES string of the molecule is CCC(CC)C(O)C(=O)c1sccc1Br. The van der Waals surface area contributed by atoms with Crippen LogP contribution in [0.3, 0.4) is 0 Å². The van der Waals surface area contributed by atoms with E-state index in [0.29, 0.717) is 4.88 Å². The molecule has 1 atom stereocenters. The normalized spacial score (nSPS) is 13.1. The van der Waals surface area contributed by atoms with Crippen molar-refractivity contribution < 1.29 is 9.90 Å². The number of aliphatic hydroxyl groups excluding tert-OH is 1. The Labute approximate surface area is 102 Å². The second kappa shape index (κ2) is 5.77. The minimum absolute atomic E-state index is 0.0616. The summed E-state index contributed by atoms with van der Waals surface area (Å²) < 4.78 is 0.780. The Morgan fingerprint density at radius 2 is 2.13 bits per heavy atom. The largest absolute Gasteiger partial charge is 0.385 e. The summed E-state index contributed by atoms with van der Waals surface area (Å²) in [6.45, 7) is 3.99. The molecule has 1 unspecified atom stereocenters. The Balaban J connectivity index is 2.81. The molecule has 0 aromatic carbocycles. The van der Waals surface area contributed by atoms with E-state index < -0.39 is 6.10 Å². The predicted molar refractivity (Wildman–Crippen MR) is 66.4 cm³/mol. The van der Waals surface area contributed by atoms with E-state index in [1.807, 2.05) is 25.3 Å². The van der Waals surface area contributed by atoms with Gasteiger partial charge in [-0.3, -0.25) is 4.79 Å². The van der Waals surface area contributed by atoms with Crippen LogP contribution in [0.1, 0.15) is 36.4 Å². The first kappa shape index (κ1) is 12.9. The molecule has 1 N–H and O–H groups in total. The van der Waals surface area contributed by atoms with Gasteiger partial charge in [0.2, 0.25) is 5.78 Å². The van der Waals surface area contributed by atoms with Crippen LogP contribution in [-0.4, -0.2) is 17.0 Å². The summed E-state index contributed by atoms with van der Waals surface area (Å²) >= 11 is 4.67. The summed E-state index contributed by atoms with van der Waals surface area (Å²) in [6, 6.07) is 1.83. The van der Waals surface area contributed by atoms with Crippen molar-refractivity contribution in [3.63, 3.8) is 0 Å². The topological polar surface area (TPSA) is 37.3 Å². The van der Waals surface area contributed by atoms with E-state index in [1.165, 1.54) is 11.3 Å². The lowest BCUT2D eigenvalue weighted by Gasteiger charge is -2.18. The van der Waals surface area contributed by atoms with Crippen LogP contribution in [0.15, 0.2) is 15.9 Å². The number of thiophene rings is 1. The van der Waals surface area contributed by atoms with Gasteiger partial charge >= 0.3 is 0 Å². The fourth-order valence-electron chi connectivity index (χ4n) is 1.55. The Kier molecular flexibility index (Phi) is 4.96. The van der Waals surface area contributed by atoms with E-state index in [9.17, 15) is 9.90 Å². The molecular formula is C11H15BrO2S. The molecule has 0 spiro atoms. The van der Waals surface area contributed by atoms with Gasteiger partial charge in [-0.1, -0.05) is 26.7 Å². The summed E-state index contributed by atoms with van der Waals surface area (Å²) in [6.07, 6.45) is 0.786. The van der Waals surface area contributed by atoms with Crippen LogP contribution in [0.25, 0.3) is 0 Å². The Morgan fingerprint density at radius 3 is 2.53 bits per heavy atom. The van der Waals surface area contributed by atoms with Gasteiger partial charge in [0.05, 0.1) is 4.88 Å². The quantitative estimate of drug-likeness (QED) is 0.843. The first-order valence-corrected chi connectivity index (χ1v) is 6.74. The maximum Gasteiger partial charge on any atom is 0.202 e. The monoisotopic (exact) mass is 290 g/mol. The highest BCUT2D eigenvalue weighted by molar-refractivity contribution is 9.10. The first-order valence-electron chi connectivity index (χ1n) is 5.07. The standard InChI is InChI=1S/C11H15BrO2S/c1-3-7(4-2)9(13)10(14)11-8(12)5-6-15-11/h5-7,9,13H,3-4H2,1-2H3. The van der Waals surface area contributed by atoms with Gasteiger partial charge < -0.3 is 5.11 Å². The molecule has 0 aliphatic carbocycles. The summed E-state index contributed by atoms with van der Waals surface area (Å²) in [5.41, 5.74) is 0. The van der Waals surface area contributed by atoms with Crippen molar-refractivity contribution >= 4 is 33.0 Å². The van der Waals surface area contributed by atoms with Crippen LogP contribution in [0, 0.1) is 5.92 Å². The maximum atomic E-state index is 11.9. The number of rotatable bonds is 5. The van der Waals surface area contributed by atoms with E-state index in [0.717, 1.165) is 17.3 Å². The molecule has 15 heavy (non-hydrogen) atoms. The summed E-state index contributed by atoms with van der Waals surface area (Å²) in [5.74, 6) is -0.0999. The van der Waals surface area contributed by atoms with Crippen LogP contribution in [-0.2, 0) is 0 Å². The average Bonchev–Trinajstić information content (AvgIpc) is 2.65. The first-order chi connectivity index (χ1) is 7.11. The number of hydrogen-bond acceptors (Lipinski definition) is 3. The highest BCUT2D eigenvalue weighted by Gasteiger charge is 2.26. The molecule has 0 aliphatic rings. The molecule has 84 valence electrons. The molecule has 0 bridgehead atoms. The lowest BCUT2D eigenvalue weighted by atomic mass is 9.93. The molecular weight excluding hydrogens is 276 g/mol. The third-order valence-corrected chi connectivity index (χ3v) is 4.46. The minimum Gasteiger partial charge on any atom is -0.385 e. The number of Topliss-reactive ketones (excluding diaryl/α,β-unsaturated/α-hetero) is 1. The molecule has 0 saturated heterocycles. The van der Waals surface area contributed by atoms with Gasteiger partial charge in [-0.15, -0.1) is 11.3 Å². The van der Waals surface area contributed by atoms with E-state index >= 15 is 0 Å². The van der Waals surface area contributed by atoms with Gasteiger partial charge in [-0.2, -0.15) is 0 Å². The predicted octanol–water partition coefficient (Wildman–Crippen LogP) is 3.49. The molecule has 1 rings (SSSR count). The molecule has 1 heterocycles. The number of aliphatic hydroxyl groups is 1. The van der Waals surface area contributed by atoms with Crippen molar-refractivity contribution in [3.8, 4) is 0 Å². The van der Waals surface area contributed by atoms with Gasteiger partial charge in [0.1, 0.15) is 6.10 Å². The van der Waals surface area contributed by atoms with Crippen LogP contribution in [0.5, 0.6) is 0 Å². The van der Waals surface area contributed by atoms with Crippen molar-refractivity contribution in [2.24, 2.45) is 5.92 Å². The zero-order valence-corrected chi connectivity index (χ0v) is 11.3. The Morgan fingerprint density at radius 1 is 1.53 bits per heavy atom. The van der Waals surface area contributed by atoms with Gasteiger partial charge in [0.15, 0.2) is 0 Å². The molecule has 0 radical (unpaired) electrons. The summed E-state index contributed by atoms with van der Waals surface area (Å²) in [7, 11) is 0. The third kappa shape index (κ3) is 2.89. The van der Waals surface area contributed by atoms with Crippen molar-refractivity contribution in [2.45, 2.75) is 32.8 Å². The van der Waals surface area contributed by atoms with E-state index in [2.05, 4.69) is 15.9 Å². The van der Waals surface area contributed by atoms with Crippen molar-refractivity contribution in [1.82, 2.24) is 0 Å². The molecule has 2 nitrogen and oxygen atoms in total. The summed E-state index contributed by atoms with van der Waals surface area (Å²) in [5, 5.41) is 11.8. The lowest BCUT2D eigenvalue weighted by Crippen LogP contribution is -2.28. The van der Waals surface area contributed by atoms with E-state index in [1.54, 1.807) is 0 Å². The highest BCUT2D eigenvalue weighted by Crippen LogP contribution is 2.26. The van der Waals surface area contributed by atoms with Crippen LogP contribution < -0.4 is 0 Å². The minimum atomic E-state index is -0.866. The van der Waals surface area contributed by atoms with E-state index in [4.69, 9.17) is 0 Å². The summed E-state index contributed by atoms with van der Waals surface area (Å²) in [4.78, 5) is 12.5. The number of carbonyl (C=O) groups excluding carboxylic acids is 1. The van der Waals surface area contributed by atoms with Crippen LogP contribution in [0.4, 0.5) is 0 Å². The molecule has 0 aliphatic heterocycles. The van der Waals surface area contributed by atoms with Crippen molar-refractivity contribution in [3.05, 3.63) is 20.8 Å². The molecule has 1 aromatic heterocycles. The van der Waals surface area contributed by atoms with Gasteiger partial charge in [0.25, 0.3) is 0 Å². The van der Waals surface area contributed by atoms with Crippen molar-refractivity contribution in [2.75, 3.05) is 0 Å². The zero-order valence-electron chi connectivity index (χ0n) is 8.87. The third-order valence-electron chi connectivity index (χ3n) is 2.60. The zero-order chi connectivity index (χ0) is 11.4. The highest BCUT2D eigenvalue weighted by atomic mass is 79.9. The fourth-order valence-corrected chi connectivity index (χ4v) is 3.09. The Hall–Kier alpha value is -0.190. The van der Waals surface area contributed by atoms with Crippen LogP contribution in [0.2, 0.25) is 0 Å². The molecule has 0 saturated carbocycles. The van der Waals surface area contributed by atoms with Gasteiger partial charge in [0, 0.05) is 4.47 Å². The molecule has 4 heteroatoms. The molecule has 0 fully saturated rings. The maximum absolute atomic E-state index is 11.9. The lowest BCUT2D eigenvalue weighted by molar-refractivity contribution is 0.0592. The number of carbonyl (C=O) groups is 1.